The van der Waals surface area contributed by atoms with E-state index >= 15 is 0 Å². The summed E-state index contributed by atoms with van der Waals surface area (Å²) < 4.78 is 29.1. The van der Waals surface area contributed by atoms with E-state index in [2.05, 4.69) is 0 Å². The number of methoxy groups -OCH3 is 1. The minimum Gasteiger partial charge on any atom is -0.490 e. The average molecular weight is 543 g/mol. The zero-order chi connectivity index (χ0) is 28.6. The molecule has 2 aliphatic heterocycles. The zero-order valence-electron chi connectivity index (χ0n) is 23.2. The molecule has 2 spiro atoms. The lowest BCUT2D eigenvalue weighted by Crippen LogP contribution is -2.60. The number of rotatable bonds is 4. The molecule has 3 heterocycles. The molecular weight excluding hydrogens is 508 g/mol. The molecule has 2 saturated carbocycles. The van der Waals surface area contributed by atoms with Gasteiger partial charge in [0.25, 0.3) is 0 Å². The quantitative estimate of drug-likeness (QED) is 0.446. The van der Waals surface area contributed by atoms with Crippen LogP contribution in [0.15, 0.2) is 34.8 Å². The summed E-state index contributed by atoms with van der Waals surface area (Å²) in [6.07, 6.45) is 1.60. The molecule has 1 unspecified atom stereocenters. The number of furan rings is 1. The number of aliphatic hydroxyl groups excluding tert-OH is 1. The maximum atomic E-state index is 13.4. The molecule has 10 heteroatoms. The second-order valence-electron chi connectivity index (χ2n) is 12.9. The van der Waals surface area contributed by atoms with Crippen molar-refractivity contribution in [2.45, 2.75) is 78.3 Å². The highest BCUT2D eigenvalue weighted by Crippen LogP contribution is 3.00. The monoisotopic (exact) mass is 542 g/mol. The Hall–Kier alpha value is -3.14. The van der Waals surface area contributed by atoms with Gasteiger partial charge in [-0.2, -0.15) is 0 Å². The van der Waals surface area contributed by atoms with Crippen LogP contribution in [0.2, 0.25) is 0 Å². The number of ether oxygens (including phenoxy) is 4. The van der Waals surface area contributed by atoms with Gasteiger partial charge in [-0.05, 0) is 19.4 Å². The first kappa shape index (κ1) is 26.1. The second kappa shape index (κ2) is 7.33. The van der Waals surface area contributed by atoms with Crippen LogP contribution >= 0.6 is 0 Å². The maximum absolute atomic E-state index is 13.4. The number of fused-ring (bicyclic) bond motifs is 1. The van der Waals surface area contributed by atoms with Crippen molar-refractivity contribution in [3.8, 4) is 0 Å². The number of hydrogen-bond donors (Lipinski definition) is 1. The molecule has 5 aliphatic rings. The number of esters is 3. The van der Waals surface area contributed by atoms with Gasteiger partial charge in [-0.1, -0.05) is 27.7 Å². The molecule has 210 valence electrons. The first-order valence-electron chi connectivity index (χ1n) is 13.2. The highest BCUT2D eigenvalue weighted by atomic mass is 16.6. The van der Waals surface area contributed by atoms with Crippen LogP contribution in [0.4, 0.5) is 0 Å². The Morgan fingerprint density at radius 2 is 1.85 bits per heavy atom. The van der Waals surface area contributed by atoms with Gasteiger partial charge in [0.2, 0.25) is 0 Å². The van der Waals surface area contributed by atoms with E-state index in [1.165, 1.54) is 32.6 Å². The molecule has 10 nitrogen and oxygen atoms in total. The molecule has 39 heavy (non-hydrogen) atoms. The lowest BCUT2D eigenvalue weighted by Gasteiger charge is -2.54. The molecule has 1 N–H and O–H groups in total. The van der Waals surface area contributed by atoms with E-state index in [4.69, 9.17) is 23.4 Å². The third-order valence-corrected chi connectivity index (χ3v) is 11.3. The lowest BCUT2D eigenvalue weighted by atomic mass is 9.49. The summed E-state index contributed by atoms with van der Waals surface area (Å²) in [5.74, 6) is -2.84. The van der Waals surface area contributed by atoms with Gasteiger partial charge < -0.3 is 28.5 Å². The molecule has 2 saturated heterocycles. The molecular formula is C29H34O10. The van der Waals surface area contributed by atoms with E-state index in [0.717, 1.165) is 0 Å². The smallest absolute Gasteiger partial charge is 0.335 e. The third kappa shape index (κ3) is 2.45. The van der Waals surface area contributed by atoms with E-state index in [9.17, 15) is 24.3 Å². The highest BCUT2D eigenvalue weighted by molar-refractivity contribution is 5.98. The van der Waals surface area contributed by atoms with Crippen LogP contribution in [0.5, 0.6) is 0 Å². The molecule has 0 bridgehead atoms. The van der Waals surface area contributed by atoms with Crippen molar-refractivity contribution in [2.24, 2.45) is 33.0 Å². The summed E-state index contributed by atoms with van der Waals surface area (Å²) >= 11 is 0. The van der Waals surface area contributed by atoms with E-state index in [1.807, 2.05) is 20.8 Å². The Labute approximate surface area is 226 Å². The summed E-state index contributed by atoms with van der Waals surface area (Å²) in [4.78, 5) is 52.3. The number of aliphatic hydroxyl groups is 1. The summed E-state index contributed by atoms with van der Waals surface area (Å²) in [5, 5.41) is 11.5. The second-order valence-corrected chi connectivity index (χ2v) is 12.9. The van der Waals surface area contributed by atoms with Gasteiger partial charge >= 0.3 is 17.9 Å². The number of allylic oxidation sites excluding steroid dienone is 2. The lowest BCUT2D eigenvalue weighted by molar-refractivity contribution is -0.192. The fourth-order valence-electron chi connectivity index (χ4n) is 10.3. The van der Waals surface area contributed by atoms with Crippen molar-refractivity contribution in [1.82, 2.24) is 0 Å². The van der Waals surface area contributed by atoms with E-state index in [0.29, 0.717) is 17.7 Å². The SMILES string of the molecule is COC(=O)C(O)[C@H]1C(C)(C)C(=O)C=C2O[C@]3(C)[C@@]45CC(=O)O[C@@H](c6ccoc6)[C@]4(C)C[C@@H](OC(C)=O)[C@@]35[C@@]21C. The minimum atomic E-state index is -1.69. The van der Waals surface area contributed by atoms with Crippen LogP contribution in [0.25, 0.3) is 0 Å². The van der Waals surface area contributed by atoms with Gasteiger partial charge in [-0.15, -0.1) is 0 Å². The van der Waals surface area contributed by atoms with Gasteiger partial charge in [-0.25, -0.2) is 4.79 Å². The molecule has 6 rings (SSSR count). The molecule has 3 aliphatic carbocycles. The summed E-state index contributed by atoms with van der Waals surface area (Å²) in [6, 6.07) is 1.74. The largest absolute Gasteiger partial charge is 0.490 e. The first-order valence-corrected chi connectivity index (χ1v) is 13.2. The summed E-state index contributed by atoms with van der Waals surface area (Å²) in [6.45, 7) is 10.4. The van der Waals surface area contributed by atoms with Crippen LogP contribution in [-0.2, 0) is 38.1 Å². The molecule has 0 radical (unpaired) electrons. The normalized spacial score (nSPS) is 45.4. The highest BCUT2D eigenvalue weighted by Gasteiger charge is 3.07. The number of cyclic esters (lactones) is 1. The standard InChI is InChI=1S/C29H34O10/c1-14(30)37-18-11-25(4)22(15-8-9-36-13-15)38-19(32)12-28(25)27(6)29(18,28)26(5)17(39-27)10-16(31)24(2,3)21(26)20(33)23(34)35-7/h8-10,13,18,20-22,33H,11-12H2,1-7H3/t18-,20?,21+,22+,25+,26+,27-,28-,29-/m1/s1. The predicted octanol–water partition coefficient (Wildman–Crippen LogP) is 3.03. The molecule has 9 atom stereocenters. The molecule has 0 amide bonds. The first-order chi connectivity index (χ1) is 18.1. The third-order valence-electron chi connectivity index (χ3n) is 11.3. The Balaban J connectivity index is 1.66. The van der Waals surface area contributed by atoms with E-state index in [1.54, 1.807) is 19.9 Å². The van der Waals surface area contributed by atoms with Crippen molar-refractivity contribution < 1.29 is 47.6 Å². The number of carbonyl (C=O) groups is 4. The van der Waals surface area contributed by atoms with E-state index < -0.39 is 74.8 Å². The number of hydrogen-bond acceptors (Lipinski definition) is 10. The zero-order valence-corrected chi connectivity index (χ0v) is 23.2. The Morgan fingerprint density at radius 3 is 2.44 bits per heavy atom. The van der Waals surface area contributed by atoms with Crippen LogP contribution in [0.1, 0.15) is 66.1 Å². The van der Waals surface area contributed by atoms with E-state index in [-0.39, 0.29) is 12.2 Å². The summed E-state index contributed by atoms with van der Waals surface area (Å²) in [7, 11) is 1.18. The van der Waals surface area contributed by atoms with Gasteiger partial charge in [0.15, 0.2) is 11.9 Å². The van der Waals surface area contributed by atoms with Crippen molar-refractivity contribution in [3.63, 3.8) is 0 Å². The number of carbonyl (C=O) groups excluding carboxylic acids is 4. The Kier molecular flexibility index (Phi) is 4.90. The fraction of sp³-hybridized carbons (Fsp3) is 0.655. The van der Waals surface area contributed by atoms with Gasteiger partial charge in [-0.3, -0.25) is 14.4 Å². The molecule has 1 aromatic heterocycles. The number of ketones is 1. The fourth-order valence-corrected chi connectivity index (χ4v) is 10.3. The maximum Gasteiger partial charge on any atom is 0.335 e. The van der Waals surface area contributed by atoms with Crippen molar-refractivity contribution in [1.29, 1.82) is 0 Å². The minimum absolute atomic E-state index is 0.0234. The topological polar surface area (TPSA) is 139 Å². The Bertz CT molecular complexity index is 1340. The molecule has 0 aromatic carbocycles. The van der Waals surface area contributed by atoms with Crippen LogP contribution < -0.4 is 0 Å². The van der Waals surface area contributed by atoms with Gasteiger partial charge in [0.1, 0.15) is 23.6 Å². The molecule has 4 fully saturated rings. The van der Waals surface area contributed by atoms with Crippen molar-refractivity contribution in [2.75, 3.05) is 7.11 Å². The predicted molar refractivity (Wildman–Crippen MR) is 131 cm³/mol. The van der Waals surface area contributed by atoms with Crippen LogP contribution in [-0.4, -0.2) is 53.7 Å². The van der Waals surface area contributed by atoms with Crippen molar-refractivity contribution in [3.05, 3.63) is 36.0 Å². The molecule has 1 aromatic rings. The Morgan fingerprint density at radius 1 is 1.15 bits per heavy atom. The van der Waals surface area contributed by atoms with Crippen molar-refractivity contribution >= 4 is 23.7 Å². The average Bonchev–Trinajstić information content (AvgIpc) is 3.27. The van der Waals surface area contributed by atoms with Crippen LogP contribution in [0, 0.1) is 33.0 Å². The summed E-state index contributed by atoms with van der Waals surface area (Å²) in [5.41, 5.74) is -5.66. The van der Waals surface area contributed by atoms with Gasteiger partial charge in [0.05, 0.1) is 31.5 Å². The van der Waals surface area contributed by atoms with Gasteiger partial charge in [0, 0.05) is 46.1 Å². The van der Waals surface area contributed by atoms with Crippen LogP contribution in [0.3, 0.4) is 0 Å².